The van der Waals surface area contributed by atoms with Gasteiger partial charge in [-0.2, -0.15) is 0 Å². The van der Waals surface area contributed by atoms with Crippen molar-refractivity contribution in [1.82, 2.24) is 61.2 Å². The van der Waals surface area contributed by atoms with Gasteiger partial charge in [-0.25, -0.2) is 53.8 Å². The van der Waals surface area contributed by atoms with Crippen molar-refractivity contribution in [3.05, 3.63) is 189 Å². The van der Waals surface area contributed by atoms with Crippen molar-refractivity contribution in [2.45, 2.75) is 136 Å². The summed E-state index contributed by atoms with van der Waals surface area (Å²) in [6.07, 6.45) is 3.44. The van der Waals surface area contributed by atoms with Gasteiger partial charge in [0, 0.05) is 145 Å². The second-order valence-electron chi connectivity index (χ2n) is 30.2. The highest BCUT2D eigenvalue weighted by atomic mass is 35.5. The number of amides is 7. The van der Waals surface area contributed by atoms with E-state index in [-0.39, 0.29) is 177 Å². The van der Waals surface area contributed by atoms with E-state index in [2.05, 4.69) is 68.1 Å². The fourth-order valence-corrected chi connectivity index (χ4v) is 19.9. The van der Waals surface area contributed by atoms with Gasteiger partial charge in [0.1, 0.15) is 0 Å². The summed E-state index contributed by atoms with van der Waals surface area (Å²) in [5.74, 6) is -2.12. The van der Waals surface area contributed by atoms with E-state index in [0.29, 0.717) is 101 Å². The molecule has 2 aliphatic heterocycles. The number of sulfonamides is 3. The normalized spacial score (nSPS) is 14.7. The number of carboxylic acids is 1. The second kappa shape index (κ2) is 52.6. The molecule has 8 rings (SSSR count). The number of benzene rings is 6. The van der Waals surface area contributed by atoms with Crippen LogP contribution in [-0.4, -0.2) is 241 Å². The summed E-state index contributed by atoms with van der Waals surface area (Å²) in [6, 6.07) is 29.8. The van der Waals surface area contributed by atoms with Gasteiger partial charge in [0.05, 0.1) is 100 Å². The Morgan fingerprint density at radius 1 is 0.452 bits per heavy atom. The molecule has 0 aromatic heterocycles. The first kappa shape index (κ1) is 103. The predicted molar refractivity (Wildman–Crippen MR) is 481 cm³/mol. The highest BCUT2D eigenvalue weighted by molar-refractivity contribution is 7.90. The Labute approximate surface area is 758 Å². The van der Waals surface area contributed by atoms with Crippen LogP contribution in [0.25, 0.3) is 0 Å². The maximum Gasteiger partial charge on any atom is 0.314 e. The molecular formula is C85H116Cl6N12O18S3. The van der Waals surface area contributed by atoms with E-state index < -0.39 is 72.0 Å². The van der Waals surface area contributed by atoms with Gasteiger partial charge in [0.2, 0.25) is 36.0 Å². The maximum absolute atomic E-state index is 13.6. The smallest absolute Gasteiger partial charge is 0.314 e. The van der Waals surface area contributed by atoms with Crippen LogP contribution < -0.4 is 51.4 Å². The lowest BCUT2D eigenvalue weighted by atomic mass is 9.83. The molecule has 2 heterocycles. The zero-order chi connectivity index (χ0) is 89.7. The molecule has 124 heavy (non-hydrogen) atoms. The summed E-state index contributed by atoms with van der Waals surface area (Å²) in [4.78, 5) is 68.8. The average molecular weight is 1900 g/mol. The third kappa shape index (κ3) is 34.0. The number of carbonyl (C=O) groups excluding carboxylic acids is 4. The summed E-state index contributed by atoms with van der Waals surface area (Å²) in [5, 5.41) is 32.5. The third-order valence-electron chi connectivity index (χ3n) is 20.8. The van der Waals surface area contributed by atoms with Crippen LogP contribution in [0.4, 0.5) is 14.4 Å². The van der Waals surface area contributed by atoms with E-state index >= 15 is 0 Å². The van der Waals surface area contributed by atoms with Gasteiger partial charge in [-0.3, -0.25) is 9.59 Å². The first-order valence-corrected chi connectivity index (χ1v) is 48.3. The van der Waals surface area contributed by atoms with E-state index in [0.717, 1.165) is 62.9 Å². The van der Waals surface area contributed by atoms with Crippen molar-refractivity contribution in [2.24, 2.45) is 0 Å². The van der Waals surface area contributed by atoms with Crippen LogP contribution >= 0.6 is 69.6 Å². The number of hydrogen-bond donors (Lipinski definition) is 11. The third-order valence-corrected chi connectivity index (χ3v) is 26.9. The largest absolute Gasteiger partial charge is 0.481 e. The lowest BCUT2D eigenvalue weighted by Crippen LogP contribution is -2.50. The van der Waals surface area contributed by atoms with Crippen molar-refractivity contribution < 1.29 is 82.8 Å². The minimum absolute atomic E-state index is 0.00476. The van der Waals surface area contributed by atoms with Gasteiger partial charge < -0.3 is 80.5 Å². The molecule has 0 saturated carbocycles. The summed E-state index contributed by atoms with van der Waals surface area (Å²) in [5.41, 5.74) is 7.21. The number of carbonyl (C=O) groups is 5. The number of fused-ring (bicyclic) bond motifs is 2. The van der Waals surface area contributed by atoms with Crippen LogP contribution in [0.15, 0.2) is 124 Å². The molecule has 0 saturated heterocycles. The number of rotatable bonds is 56. The monoisotopic (exact) mass is 1900 g/mol. The number of nitrogens with one attached hydrogen (secondary N) is 10. The lowest BCUT2D eigenvalue weighted by Gasteiger charge is -2.36. The number of carboxylic acid groups (broad SMARTS) is 1. The predicted octanol–water partition coefficient (Wildman–Crippen LogP) is 11.5. The quantitative estimate of drug-likeness (QED) is 0.0158. The molecule has 0 spiro atoms. The fourth-order valence-electron chi connectivity index (χ4n) is 14.9. The topological polar surface area (TPSA) is 390 Å². The molecule has 2 aliphatic rings. The standard InChI is InChI=1S/C85H116Cl6N12O18S3/c1-5-13-69(70-49-62(86)52-77(89)68(70)6-2)59-14-7-17-65(46-59)122(110,111)98-31-37-119-43-40-116-34-28-95-82(107)92-25-10-22-85(101-80(104)20-21-81(105)106,23-11-26-93-83(108)96-29-35-117-41-44-120-38-32-99-123(112,113)66-18-8-15-60(47-66)73-55-102(3)57-75-71(73)50-63(87)53-78(75)90)24-12-27-94-84(109)97-30-36-118-42-45-121-39-33-100-124(114,115)67-19-9-16-61(48-67)74-56-103(4)58-76-72(74)51-64(88)54-79(76)91/h7-9,14-19,46-54,69,73-74,98-100H,5-6,10-13,20-45,55-58H2,1-4H3,(H,101,104)(H,105,106)(H2,92,95,107)(H2,93,96,108)(H2,94,97,109)/t69-,73-,74-/m0/s1. The summed E-state index contributed by atoms with van der Waals surface area (Å²) in [7, 11) is -7.72. The molecule has 3 atom stereocenters. The van der Waals surface area contributed by atoms with Crippen molar-refractivity contribution in [3.63, 3.8) is 0 Å². The highest BCUT2D eigenvalue weighted by Gasteiger charge is 2.34. The van der Waals surface area contributed by atoms with E-state index in [1.165, 1.54) is 12.1 Å². The Morgan fingerprint density at radius 3 is 1.20 bits per heavy atom. The zero-order valence-electron chi connectivity index (χ0n) is 70.4. The zero-order valence-corrected chi connectivity index (χ0v) is 77.3. The molecule has 39 heteroatoms. The van der Waals surface area contributed by atoms with Crippen LogP contribution in [0.2, 0.25) is 30.1 Å². The van der Waals surface area contributed by atoms with E-state index in [1.54, 1.807) is 60.7 Å². The number of ether oxygens (including phenoxy) is 6. The Morgan fingerprint density at radius 2 is 0.815 bits per heavy atom. The molecule has 0 fully saturated rings. The highest BCUT2D eigenvalue weighted by Crippen LogP contribution is 2.42. The van der Waals surface area contributed by atoms with E-state index in [1.807, 2.05) is 57.4 Å². The van der Waals surface area contributed by atoms with Crippen molar-refractivity contribution in [2.75, 3.05) is 165 Å². The van der Waals surface area contributed by atoms with Gasteiger partial charge >= 0.3 is 24.1 Å². The van der Waals surface area contributed by atoms with Gasteiger partial charge in [0.25, 0.3) is 0 Å². The average Bonchev–Trinajstić information content (AvgIpc) is 0.778. The number of aliphatic carboxylic acids is 1. The number of likely N-dealkylation sites (N-methyl/N-ethyl adjacent to an activating group) is 2. The molecule has 6 aromatic carbocycles. The van der Waals surface area contributed by atoms with Crippen LogP contribution in [0.1, 0.15) is 146 Å². The van der Waals surface area contributed by atoms with E-state index in [4.69, 9.17) is 98.0 Å². The SMILES string of the molecule is CCC[C@@H](c1cccc(S(=O)(=O)NCCOCCOCCNC(=O)NCCCC(CCCNC(=O)NCCOCCOCCNS(=O)(=O)c2cccc([C@@H]3CN(C)Cc4c(Cl)cc(Cl)cc43)c2)(CCCNC(=O)NCCOCCOCCNS(=O)(=O)c2cccc([C@@H]3CN(C)Cc4c(Cl)cc(Cl)cc43)c2)NC(=O)CCC(=O)O)c1)c1cc(Cl)cc(Cl)c1CC. The molecule has 684 valence electrons. The Bertz CT molecular complexity index is 4650. The lowest BCUT2D eigenvalue weighted by molar-refractivity contribution is -0.139. The number of nitrogens with zero attached hydrogens (tertiary/aromatic N) is 2. The van der Waals surface area contributed by atoms with Crippen molar-refractivity contribution in [1.29, 1.82) is 0 Å². The number of urea groups is 3. The molecule has 0 unspecified atom stereocenters. The first-order chi connectivity index (χ1) is 59.4. The summed E-state index contributed by atoms with van der Waals surface area (Å²) < 4.78 is 122. The molecule has 7 amide bonds. The van der Waals surface area contributed by atoms with Gasteiger partial charge in [-0.05, 0) is 188 Å². The van der Waals surface area contributed by atoms with Crippen LogP contribution in [0, 0.1) is 0 Å². The van der Waals surface area contributed by atoms with Crippen molar-refractivity contribution >= 4 is 130 Å². The van der Waals surface area contributed by atoms with Crippen LogP contribution in [-0.2, 0) is 87.6 Å². The minimum Gasteiger partial charge on any atom is -0.481 e. The molecule has 11 N–H and O–H groups in total. The second-order valence-corrected chi connectivity index (χ2v) is 38.1. The molecule has 6 aromatic rings. The molecule has 0 bridgehead atoms. The Kier molecular flexibility index (Phi) is 43.5. The van der Waals surface area contributed by atoms with Crippen molar-refractivity contribution in [3.8, 4) is 0 Å². The van der Waals surface area contributed by atoms with Crippen LogP contribution in [0.3, 0.4) is 0 Å². The van der Waals surface area contributed by atoms with Gasteiger partial charge in [0.15, 0.2) is 0 Å². The Hall–Kier alpha value is -6.78. The van der Waals surface area contributed by atoms with Gasteiger partial charge in [-0.1, -0.05) is 126 Å². The molecule has 0 aliphatic carbocycles. The minimum atomic E-state index is -3.90. The number of halogens is 6. The van der Waals surface area contributed by atoms with Crippen LogP contribution in [0.5, 0.6) is 0 Å². The van der Waals surface area contributed by atoms with E-state index in [9.17, 15) is 54.3 Å². The fraction of sp³-hybridized carbons (Fsp3) is 0.518. The summed E-state index contributed by atoms with van der Waals surface area (Å²) >= 11 is 39.0. The Balaban J connectivity index is 0.739. The molecule has 30 nitrogen and oxygen atoms in total. The molecule has 0 radical (unpaired) electrons. The molecular weight excluding hydrogens is 1790 g/mol. The van der Waals surface area contributed by atoms with Gasteiger partial charge in [-0.15, -0.1) is 0 Å². The maximum atomic E-state index is 13.6. The number of hydrogen-bond acceptors (Lipinski definition) is 19. The summed E-state index contributed by atoms with van der Waals surface area (Å²) in [6.45, 7) is 9.11. The first-order valence-electron chi connectivity index (χ1n) is 41.5.